The zero-order valence-corrected chi connectivity index (χ0v) is 10.5. The van der Waals surface area contributed by atoms with Gasteiger partial charge in [0, 0.05) is 0 Å². The van der Waals surface area contributed by atoms with Crippen molar-refractivity contribution in [1.29, 1.82) is 0 Å². The van der Waals surface area contributed by atoms with E-state index in [2.05, 4.69) is 16.6 Å². The number of nitrogens with zero attached hydrogens (tertiary/aromatic N) is 1. The number of hydrogen-bond acceptors (Lipinski definition) is 6. The van der Waals surface area contributed by atoms with Crippen LogP contribution in [0.5, 0.6) is 0 Å². The third kappa shape index (κ3) is 2.28. The van der Waals surface area contributed by atoms with E-state index in [0.29, 0.717) is 5.52 Å². The summed E-state index contributed by atoms with van der Waals surface area (Å²) in [6.45, 7) is 0. The highest BCUT2D eigenvalue weighted by molar-refractivity contribution is 8.69. The van der Waals surface area contributed by atoms with Crippen LogP contribution in [-0.4, -0.2) is 18.0 Å². The molecule has 0 saturated heterocycles. The Hall–Kier alpha value is -0.280. The summed E-state index contributed by atoms with van der Waals surface area (Å²) >= 11 is 5.42. The molecule has 0 bridgehead atoms. The van der Waals surface area contributed by atoms with Crippen molar-refractivity contribution in [3.05, 3.63) is 18.2 Å². The van der Waals surface area contributed by atoms with Crippen LogP contribution in [-0.2, 0) is 10.1 Å². The molecule has 0 amide bonds. The van der Waals surface area contributed by atoms with Gasteiger partial charge in [-0.15, -0.1) is 23.0 Å². The number of aromatic nitrogens is 1. The van der Waals surface area contributed by atoms with Gasteiger partial charge in [0.15, 0.2) is 4.34 Å². The molecule has 2 rings (SSSR count). The van der Waals surface area contributed by atoms with E-state index in [4.69, 9.17) is 4.55 Å². The fourth-order valence-corrected chi connectivity index (χ4v) is 3.28. The first-order chi connectivity index (χ1) is 7.00. The van der Waals surface area contributed by atoms with E-state index >= 15 is 0 Å². The smallest absolute Gasteiger partial charge is 0.282 e. The molecule has 0 aliphatic rings. The lowest BCUT2D eigenvalue weighted by Gasteiger charge is -1.94. The third-order valence-corrected chi connectivity index (χ3v) is 5.03. The third-order valence-electron chi connectivity index (χ3n) is 1.72. The fourth-order valence-electron chi connectivity index (χ4n) is 1.09. The Bertz CT molecular complexity index is 604. The quantitative estimate of drug-likeness (QED) is 0.502. The molecular formula is C7H5NO3S4. The molecule has 8 heteroatoms. The van der Waals surface area contributed by atoms with Crippen LogP contribution in [0, 0.1) is 0 Å². The molecular weight excluding hydrogens is 274 g/mol. The van der Waals surface area contributed by atoms with Crippen molar-refractivity contribution in [3.8, 4) is 0 Å². The lowest BCUT2D eigenvalue weighted by atomic mass is 10.3. The van der Waals surface area contributed by atoms with E-state index in [1.54, 1.807) is 6.07 Å². The van der Waals surface area contributed by atoms with Crippen LogP contribution in [0.2, 0.25) is 0 Å². The SMILES string of the molecule is O=S(=O)(O)c1ccc2sc(SS)nc2c1. The second-order valence-electron chi connectivity index (χ2n) is 2.68. The first-order valence-corrected chi connectivity index (χ1v) is 7.83. The molecule has 1 aromatic carbocycles. The Labute approximate surface area is 99.3 Å². The Morgan fingerprint density at radius 1 is 1.47 bits per heavy atom. The van der Waals surface area contributed by atoms with Gasteiger partial charge in [0.25, 0.3) is 10.1 Å². The van der Waals surface area contributed by atoms with Gasteiger partial charge < -0.3 is 0 Å². The second-order valence-corrected chi connectivity index (χ2v) is 6.50. The maximum absolute atomic E-state index is 10.9. The van der Waals surface area contributed by atoms with Crippen molar-refractivity contribution in [2.24, 2.45) is 0 Å². The van der Waals surface area contributed by atoms with Crippen LogP contribution in [0.3, 0.4) is 0 Å². The van der Waals surface area contributed by atoms with Gasteiger partial charge in [0.05, 0.1) is 15.1 Å². The normalized spacial score (nSPS) is 12.1. The zero-order valence-electron chi connectivity index (χ0n) is 7.11. The molecule has 0 fully saturated rings. The minimum Gasteiger partial charge on any atom is -0.282 e. The highest BCUT2D eigenvalue weighted by Gasteiger charge is 2.11. The number of thiazole rings is 1. The zero-order chi connectivity index (χ0) is 11.1. The first kappa shape index (κ1) is 11.2. The number of hydrogen-bond donors (Lipinski definition) is 2. The predicted molar refractivity (Wildman–Crippen MR) is 64.3 cm³/mol. The molecule has 80 valence electrons. The summed E-state index contributed by atoms with van der Waals surface area (Å²) in [6, 6.07) is 4.31. The van der Waals surface area contributed by atoms with E-state index in [9.17, 15) is 8.42 Å². The van der Waals surface area contributed by atoms with Crippen molar-refractivity contribution in [2.45, 2.75) is 9.24 Å². The average Bonchev–Trinajstić information content (AvgIpc) is 2.57. The van der Waals surface area contributed by atoms with Crippen LogP contribution in [0.4, 0.5) is 0 Å². The van der Waals surface area contributed by atoms with Crippen molar-refractivity contribution in [2.75, 3.05) is 0 Å². The molecule has 0 atom stereocenters. The maximum atomic E-state index is 10.9. The van der Waals surface area contributed by atoms with Crippen molar-refractivity contribution in [1.82, 2.24) is 4.98 Å². The minimum absolute atomic E-state index is 0.143. The number of fused-ring (bicyclic) bond motifs is 1. The minimum atomic E-state index is -4.15. The van der Waals surface area contributed by atoms with Crippen molar-refractivity contribution in [3.63, 3.8) is 0 Å². The van der Waals surface area contributed by atoms with E-state index in [1.165, 1.54) is 34.3 Å². The topological polar surface area (TPSA) is 67.3 Å². The Morgan fingerprint density at radius 2 is 2.20 bits per heavy atom. The van der Waals surface area contributed by atoms with Crippen LogP contribution in [0.25, 0.3) is 10.2 Å². The number of benzene rings is 1. The van der Waals surface area contributed by atoms with Gasteiger partial charge in [-0.1, -0.05) is 0 Å². The van der Waals surface area contributed by atoms with Gasteiger partial charge >= 0.3 is 0 Å². The standard InChI is InChI=1S/C7H5NO3S4/c9-15(10,11)4-1-2-6-5(3-4)8-7(13-6)14-12/h1-3,12H,(H,9,10,11). The molecule has 15 heavy (non-hydrogen) atoms. The second kappa shape index (κ2) is 3.95. The first-order valence-electron chi connectivity index (χ1n) is 3.70. The van der Waals surface area contributed by atoms with Gasteiger partial charge in [-0.3, -0.25) is 4.55 Å². The molecule has 4 nitrogen and oxygen atoms in total. The molecule has 2 aromatic rings. The van der Waals surface area contributed by atoms with Crippen LogP contribution in [0.15, 0.2) is 27.4 Å². The van der Waals surface area contributed by atoms with Gasteiger partial charge in [0.1, 0.15) is 0 Å². The highest BCUT2D eigenvalue weighted by atomic mass is 33.1. The van der Waals surface area contributed by atoms with E-state index < -0.39 is 10.1 Å². The van der Waals surface area contributed by atoms with Gasteiger partial charge in [-0.2, -0.15) is 8.42 Å². The molecule has 1 heterocycles. The number of rotatable bonds is 2. The molecule has 0 aliphatic heterocycles. The largest absolute Gasteiger partial charge is 0.294 e. The number of thiol groups is 1. The Morgan fingerprint density at radius 3 is 2.80 bits per heavy atom. The summed E-state index contributed by atoms with van der Waals surface area (Å²) in [5.41, 5.74) is 0.548. The van der Waals surface area contributed by atoms with Crippen molar-refractivity contribution < 1.29 is 13.0 Å². The molecule has 0 unspecified atom stereocenters. The molecule has 0 radical (unpaired) electrons. The van der Waals surface area contributed by atoms with Crippen LogP contribution >= 0.6 is 33.8 Å². The molecule has 0 saturated carbocycles. The molecule has 1 N–H and O–H groups in total. The lowest BCUT2D eigenvalue weighted by molar-refractivity contribution is 0.483. The summed E-state index contributed by atoms with van der Waals surface area (Å²) in [5.74, 6) is 0. The summed E-state index contributed by atoms with van der Waals surface area (Å²) in [5, 5.41) is 0. The average molecular weight is 279 g/mol. The van der Waals surface area contributed by atoms with Gasteiger partial charge in [-0.05, 0) is 29.0 Å². The fraction of sp³-hybridized carbons (Fsp3) is 0. The van der Waals surface area contributed by atoms with Gasteiger partial charge in [-0.25, -0.2) is 4.98 Å². The Balaban J connectivity index is 2.66. The summed E-state index contributed by atoms with van der Waals surface area (Å²) in [7, 11) is -2.96. The molecule has 0 spiro atoms. The summed E-state index contributed by atoms with van der Waals surface area (Å²) in [4.78, 5) is 3.99. The van der Waals surface area contributed by atoms with E-state index in [0.717, 1.165) is 9.04 Å². The summed E-state index contributed by atoms with van der Waals surface area (Å²) < 4.78 is 32.2. The van der Waals surface area contributed by atoms with Crippen LogP contribution in [0.1, 0.15) is 0 Å². The van der Waals surface area contributed by atoms with Crippen molar-refractivity contribution >= 4 is 54.1 Å². The van der Waals surface area contributed by atoms with Gasteiger partial charge in [0.2, 0.25) is 0 Å². The van der Waals surface area contributed by atoms with Crippen LogP contribution < -0.4 is 0 Å². The Kier molecular flexibility index (Phi) is 2.95. The van der Waals surface area contributed by atoms with E-state index in [1.807, 2.05) is 0 Å². The maximum Gasteiger partial charge on any atom is 0.294 e. The predicted octanol–water partition coefficient (Wildman–Crippen LogP) is 2.48. The molecule has 0 aliphatic carbocycles. The lowest BCUT2D eigenvalue weighted by Crippen LogP contribution is -1.96. The summed E-state index contributed by atoms with van der Waals surface area (Å²) in [6.07, 6.45) is 0. The van der Waals surface area contributed by atoms with E-state index in [-0.39, 0.29) is 4.90 Å². The highest BCUT2D eigenvalue weighted by Crippen LogP contribution is 2.32. The molecule has 1 aromatic heterocycles. The monoisotopic (exact) mass is 279 g/mol.